The van der Waals surface area contributed by atoms with Crippen molar-refractivity contribution in [2.24, 2.45) is 0 Å². The molecule has 0 bridgehead atoms. The van der Waals surface area contributed by atoms with Gasteiger partial charge in [0.1, 0.15) is 0 Å². The first-order valence-electron chi connectivity index (χ1n) is 4.54. The number of benzene rings is 1. The molecule has 3 nitrogen and oxygen atoms in total. The van der Waals surface area contributed by atoms with E-state index in [9.17, 15) is 4.79 Å². The SMILES string of the molecule is CCOC(=O)C=Cc1c(N)cccc1Cl. The van der Waals surface area contributed by atoms with Gasteiger partial charge in [-0.15, -0.1) is 0 Å². The van der Waals surface area contributed by atoms with Crippen molar-refractivity contribution < 1.29 is 9.53 Å². The van der Waals surface area contributed by atoms with Crippen LogP contribution in [0.5, 0.6) is 0 Å². The highest BCUT2D eigenvalue weighted by Crippen LogP contribution is 2.23. The molecule has 0 aliphatic carbocycles. The van der Waals surface area contributed by atoms with Gasteiger partial charge in [-0.05, 0) is 25.1 Å². The Kier molecular flexibility index (Phi) is 4.18. The summed E-state index contributed by atoms with van der Waals surface area (Å²) in [6, 6.07) is 5.18. The number of carbonyl (C=O) groups excluding carboxylic acids is 1. The van der Waals surface area contributed by atoms with Gasteiger partial charge in [-0.25, -0.2) is 4.79 Å². The fourth-order valence-corrected chi connectivity index (χ4v) is 1.32. The van der Waals surface area contributed by atoms with Crippen LogP contribution in [0.1, 0.15) is 12.5 Å². The number of halogens is 1. The van der Waals surface area contributed by atoms with Gasteiger partial charge in [-0.2, -0.15) is 0 Å². The normalized spacial score (nSPS) is 10.5. The summed E-state index contributed by atoms with van der Waals surface area (Å²) in [5.41, 5.74) is 6.86. The molecule has 1 rings (SSSR count). The number of ether oxygens (including phenoxy) is 1. The Balaban J connectivity index is 2.84. The lowest BCUT2D eigenvalue weighted by Gasteiger charge is -2.02. The van der Waals surface area contributed by atoms with Gasteiger partial charge in [0.05, 0.1) is 6.61 Å². The molecule has 1 aromatic carbocycles. The molecule has 0 fully saturated rings. The van der Waals surface area contributed by atoms with E-state index in [0.29, 0.717) is 22.9 Å². The van der Waals surface area contributed by atoms with E-state index in [0.717, 1.165) is 0 Å². The number of nitrogens with two attached hydrogens (primary N) is 1. The Morgan fingerprint density at radius 2 is 2.33 bits per heavy atom. The minimum atomic E-state index is -0.406. The largest absolute Gasteiger partial charge is 0.463 e. The number of esters is 1. The van der Waals surface area contributed by atoms with Crippen molar-refractivity contribution in [3.8, 4) is 0 Å². The minimum absolute atomic E-state index is 0.348. The number of anilines is 1. The van der Waals surface area contributed by atoms with Crippen molar-refractivity contribution in [2.45, 2.75) is 6.92 Å². The molecule has 0 aliphatic rings. The topological polar surface area (TPSA) is 52.3 Å². The van der Waals surface area contributed by atoms with Crippen molar-refractivity contribution in [3.05, 3.63) is 34.9 Å². The number of carbonyl (C=O) groups is 1. The standard InChI is InChI=1S/C11H12ClNO2/c1-2-15-11(14)7-6-8-9(12)4-3-5-10(8)13/h3-7H,2,13H2,1H3. The lowest BCUT2D eigenvalue weighted by molar-refractivity contribution is -0.137. The van der Waals surface area contributed by atoms with E-state index < -0.39 is 5.97 Å². The van der Waals surface area contributed by atoms with E-state index >= 15 is 0 Å². The number of hydrogen-bond acceptors (Lipinski definition) is 3. The first-order valence-corrected chi connectivity index (χ1v) is 4.91. The average molecular weight is 226 g/mol. The summed E-state index contributed by atoms with van der Waals surface area (Å²) >= 11 is 5.91. The Morgan fingerprint density at radius 1 is 1.60 bits per heavy atom. The van der Waals surface area contributed by atoms with Gasteiger partial charge in [-0.1, -0.05) is 17.7 Å². The molecule has 80 valence electrons. The van der Waals surface area contributed by atoms with Crippen LogP contribution in [0.4, 0.5) is 5.69 Å². The molecule has 0 unspecified atom stereocenters. The fourth-order valence-electron chi connectivity index (χ4n) is 1.07. The third-order valence-electron chi connectivity index (χ3n) is 1.76. The molecule has 2 N–H and O–H groups in total. The van der Waals surface area contributed by atoms with Crippen LogP contribution in [-0.2, 0) is 9.53 Å². The van der Waals surface area contributed by atoms with Crippen molar-refractivity contribution >= 4 is 29.3 Å². The summed E-state index contributed by atoms with van der Waals surface area (Å²) in [6.07, 6.45) is 2.86. The summed E-state index contributed by atoms with van der Waals surface area (Å²) in [5.74, 6) is -0.406. The van der Waals surface area contributed by atoms with Gasteiger partial charge in [0.2, 0.25) is 0 Å². The summed E-state index contributed by atoms with van der Waals surface area (Å²) in [4.78, 5) is 11.0. The van der Waals surface area contributed by atoms with E-state index in [1.165, 1.54) is 6.08 Å². The van der Waals surface area contributed by atoms with Crippen LogP contribution >= 0.6 is 11.6 Å². The van der Waals surface area contributed by atoms with Gasteiger partial charge in [-0.3, -0.25) is 0 Å². The molecule has 0 radical (unpaired) electrons. The summed E-state index contributed by atoms with van der Waals surface area (Å²) in [5, 5.41) is 0.510. The maximum Gasteiger partial charge on any atom is 0.330 e. The van der Waals surface area contributed by atoms with Crippen molar-refractivity contribution in [1.82, 2.24) is 0 Å². The molecule has 0 spiro atoms. The van der Waals surface area contributed by atoms with Crippen molar-refractivity contribution in [3.63, 3.8) is 0 Å². The third-order valence-corrected chi connectivity index (χ3v) is 2.09. The van der Waals surface area contributed by atoms with E-state index in [2.05, 4.69) is 0 Å². The van der Waals surface area contributed by atoms with Crippen LogP contribution in [0.3, 0.4) is 0 Å². The molecule has 0 saturated carbocycles. The van der Waals surface area contributed by atoms with Crippen molar-refractivity contribution in [1.29, 1.82) is 0 Å². The zero-order valence-electron chi connectivity index (χ0n) is 8.37. The second-order valence-corrected chi connectivity index (χ2v) is 3.24. The fraction of sp³-hybridized carbons (Fsp3) is 0.182. The van der Waals surface area contributed by atoms with Gasteiger partial charge >= 0.3 is 5.97 Å². The van der Waals surface area contributed by atoms with Gasteiger partial charge in [0, 0.05) is 22.3 Å². The predicted molar refractivity (Wildman–Crippen MR) is 61.5 cm³/mol. The molecule has 1 aromatic rings. The molecule has 0 amide bonds. The summed E-state index contributed by atoms with van der Waals surface area (Å²) in [7, 11) is 0. The van der Waals surface area contributed by atoms with E-state index in [1.54, 1.807) is 31.2 Å². The molecule has 0 saturated heterocycles. The van der Waals surface area contributed by atoms with Crippen LogP contribution < -0.4 is 5.73 Å². The minimum Gasteiger partial charge on any atom is -0.463 e. The first-order chi connectivity index (χ1) is 7.15. The van der Waals surface area contributed by atoms with E-state index in [4.69, 9.17) is 22.1 Å². The second-order valence-electron chi connectivity index (χ2n) is 2.83. The van der Waals surface area contributed by atoms with Crippen LogP contribution in [0, 0.1) is 0 Å². The lowest BCUT2D eigenvalue weighted by atomic mass is 10.1. The Labute approximate surface area is 93.5 Å². The monoisotopic (exact) mass is 225 g/mol. The maximum atomic E-state index is 11.0. The number of nitrogen functional groups attached to an aromatic ring is 1. The predicted octanol–water partition coefficient (Wildman–Crippen LogP) is 2.50. The third kappa shape index (κ3) is 3.29. The highest BCUT2D eigenvalue weighted by Gasteiger charge is 2.01. The zero-order chi connectivity index (χ0) is 11.3. The highest BCUT2D eigenvalue weighted by molar-refractivity contribution is 6.32. The Hall–Kier alpha value is -1.48. The smallest absolute Gasteiger partial charge is 0.330 e. The molecule has 0 aromatic heterocycles. The van der Waals surface area contributed by atoms with Gasteiger partial charge in [0.15, 0.2) is 0 Å². The second kappa shape index (κ2) is 5.41. The Bertz CT molecular complexity index is 368. The molecule has 0 aliphatic heterocycles. The lowest BCUT2D eigenvalue weighted by Crippen LogP contribution is -1.99. The van der Waals surface area contributed by atoms with Crippen molar-refractivity contribution in [2.75, 3.05) is 12.3 Å². The van der Waals surface area contributed by atoms with E-state index in [1.807, 2.05) is 0 Å². The molecule has 4 heteroatoms. The highest BCUT2D eigenvalue weighted by atomic mass is 35.5. The van der Waals surface area contributed by atoms with E-state index in [-0.39, 0.29) is 0 Å². The molecular formula is C11H12ClNO2. The summed E-state index contributed by atoms with van der Waals surface area (Å²) in [6.45, 7) is 2.09. The van der Waals surface area contributed by atoms with Gasteiger partial charge in [0.25, 0.3) is 0 Å². The van der Waals surface area contributed by atoms with Crippen LogP contribution in [0.2, 0.25) is 5.02 Å². The molecule has 0 heterocycles. The zero-order valence-corrected chi connectivity index (χ0v) is 9.12. The maximum absolute atomic E-state index is 11.0. The van der Waals surface area contributed by atoms with Gasteiger partial charge < -0.3 is 10.5 Å². The number of hydrogen-bond donors (Lipinski definition) is 1. The Morgan fingerprint density at radius 3 is 2.93 bits per heavy atom. The van der Waals surface area contributed by atoms with Crippen LogP contribution in [-0.4, -0.2) is 12.6 Å². The molecular weight excluding hydrogens is 214 g/mol. The summed E-state index contributed by atoms with van der Waals surface area (Å²) < 4.78 is 4.73. The molecule has 15 heavy (non-hydrogen) atoms. The van der Waals surface area contributed by atoms with Crippen LogP contribution in [0.15, 0.2) is 24.3 Å². The quantitative estimate of drug-likeness (QED) is 0.489. The average Bonchev–Trinajstić information content (AvgIpc) is 2.17. The first kappa shape index (κ1) is 11.6. The molecule has 0 atom stereocenters. The van der Waals surface area contributed by atoms with Crippen LogP contribution in [0.25, 0.3) is 6.08 Å². The number of rotatable bonds is 3.